The van der Waals surface area contributed by atoms with E-state index < -0.39 is 23.4 Å². The Kier molecular flexibility index (Phi) is 7.09. The lowest BCUT2D eigenvalue weighted by Crippen LogP contribution is -2.55. The van der Waals surface area contributed by atoms with Crippen molar-refractivity contribution in [1.82, 2.24) is 5.32 Å². The fraction of sp³-hybridized carbons (Fsp3) is 0.194. The Bertz CT molecular complexity index is 1480. The summed E-state index contributed by atoms with van der Waals surface area (Å²) in [6.07, 6.45) is 3.18. The van der Waals surface area contributed by atoms with Crippen LogP contribution in [0.25, 0.3) is 21.9 Å². The second-order valence-corrected chi connectivity index (χ2v) is 9.67. The lowest BCUT2D eigenvalue weighted by Gasteiger charge is -2.34. The van der Waals surface area contributed by atoms with Gasteiger partial charge in [-0.15, -0.1) is 0 Å². The molecule has 5 rings (SSSR count). The summed E-state index contributed by atoms with van der Waals surface area (Å²) < 4.78 is 0. The highest BCUT2D eigenvalue weighted by Gasteiger charge is 2.41. The number of rotatable bonds is 6. The molecule has 192 valence electrons. The molecule has 0 spiro atoms. The molecule has 0 aromatic heterocycles. The van der Waals surface area contributed by atoms with Crippen LogP contribution in [-0.2, 0) is 4.79 Å². The van der Waals surface area contributed by atoms with Gasteiger partial charge in [-0.1, -0.05) is 86.0 Å². The van der Waals surface area contributed by atoms with Crippen LogP contribution in [-0.4, -0.2) is 28.6 Å². The summed E-state index contributed by atoms with van der Waals surface area (Å²) in [7, 11) is 0. The van der Waals surface area contributed by atoms with Gasteiger partial charge in [0.2, 0.25) is 0 Å². The number of carboxylic acids is 1. The smallest absolute Gasteiger partial charge is 0.329 e. The third kappa shape index (κ3) is 5.37. The summed E-state index contributed by atoms with van der Waals surface area (Å²) in [5.74, 6) is -1.56. The Morgan fingerprint density at radius 1 is 0.684 bits per heavy atom. The van der Waals surface area contributed by atoms with E-state index in [9.17, 15) is 19.5 Å². The lowest BCUT2D eigenvalue weighted by molar-refractivity contribution is -0.145. The van der Waals surface area contributed by atoms with E-state index >= 15 is 0 Å². The van der Waals surface area contributed by atoms with Gasteiger partial charge in [-0.2, -0.15) is 0 Å². The van der Waals surface area contributed by atoms with Gasteiger partial charge in [-0.05, 0) is 59.0 Å². The van der Waals surface area contributed by atoms with E-state index in [-0.39, 0.29) is 5.56 Å². The monoisotopic (exact) mass is 507 g/mol. The first kappa shape index (κ1) is 25.0. The number of anilines is 2. The Balaban J connectivity index is 1.38. The Hall–Kier alpha value is -4.65. The summed E-state index contributed by atoms with van der Waals surface area (Å²) in [6.45, 7) is 0. The molecule has 1 aliphatic rings. The zero-order valence-corrected chi connectivity index (χ0v) is 20.9. The van der Waals surface area contributed by atoms with Crippen LogP contribution < -0.4 is 16.0 Å². The molecule has 38 heavy (non-hydrogen) atoms. The number of carboxylic acid groups (broad SMARTS) is 1. The normalized spacial score (nSPS) is 14.4. The molecule has 3 amide bonds. The SMILES string of the molecule is O=C(Nc1ccc(-c2ccccc2)cc1)Nc1cc2ccccc2cc1C(=O)NC1(C(=O)O)CCCCC1. The fourth-order valence-electron chi connectivity index (χ4n) is 5.03. The summed E-state index contributed by atoms with van der Waals surface area (Å²) >= 11 is 0. The second kappa shape index (κ2) is 10.8. The van der Waals surface area contributed by atoms with Gasteiger partial charge in [0.25, 0.3) is 5.91 Å². The quantitative estimate of drug-likeness (QED) is 0.234. The van der Waals surface area contributed by atoms with Crippen LogP contribution in [0.5, 0.6) is 0 Å². The maximum Gasteiger partial charge on any atom is 0.329 e. The van der Waals surface area contributed by atoms with Crippen molar-refractivity contribution in [3.63, 3.8) is 0 Å². The molecule has 0 saturated heterocycles. The number of carbonyl (C=O) groups is 3. The highest BCUT2D eigenvalue weighted by Crippen LogP contribution is 2.31. The number of nitrogens with one attached hydrogen (secondary N) is 3. The maximum absolute atomic E-state index is 13.5. The molecule has 1 saturated carbocycles. The van der Waals surface area contributed by atoms with Gasteiger partial charge in [0.1, 0.15) is 5.54 Å². The molecule has 1 fully saturated rings. The fourth-order valence-corrected chi connectivity index (χ4v) is 5.03. The number of carbonyl (C=O) groups excluding carboxylic acids is 2. The summed E-state index contributed by atoms with van der Waals surface area (Å²) in [5, 5.41) is 20.0. The van der Waals surface area contributed by atoms with E-state index in [2.05, 4.69) is 16.0 Å². The molecule has 0 radical (unpaired) electrons. The number of urea groups is 1. The topological polar surface area (TPSA) is 108 Å². The Morgan fingerprint density at radius 2 is 1.29 bits per heavy atom. The van der Waals surface area contributed by atoms with Gasteiger partial charge >= 0.3 is 12.0 Å². The highest BCUT2D eigenvalue weighted by atomic mass is 16.4. The molecule has 4 N–H and O–H groups in total. The molecule has 0 aliphatic heterocycles. The van der Waals surface area contributed by atoms with Gasteiger partial charge in [0, 0.05) is 5.69 Å². The number of amides is 3. The zero-order chi connectivity index (χ0) is 26.5. The van der Waals surface area contributed by atoms with Gasteiger partial charge in [0.15, 0.2) is 0 Å². The van der Waals surface area contributed by atoms with Crippen LogP contribution >= 0.6 is 0 Å². The molecule has 4 aromatic carbocycles. The Labute approximate surface area is 220 Å². The van der Waals surface area contributed by atoms with Crippen LogP contribution in [0.1, 0.15) is 42.5 Å². The summed E-state index contributed by atoms with van der Waals surface area (Å²) in [4.78, 5) is 38.6. The standard InChI is InChI=1S/C31H29N3O4/c35-28(34-31(29(36)37)17-7-2-8-18-31)26-19-23-11-5-6-12-24(23)20-27(26)33-30(38)32-25-15-13-22(14-16-25)21-9-3-1-4-10-21/h1,3-6,9-16,19-20H,2,7-8,17-18H2,(H,34,35)(H,36,37)(H2,32,33,38). The van der Waals surface area contributed by atoms with E-state index in [4.69, 9.17) is 0 Å². The average Bonchev–Trinajstić information content (AvgIpc) is 2.94. The van der Waals surface area contributed by atoms with Crippen molar-refractivity contribution < 1.29 is 19.5 Å². The minimum Gasteiger partial charge on any atom is -0.480 e. The summed E-state index contributed by atoms with van der Waals surface area (Å²) in [5.41, 5.74) is 1.91. The molecule has 7 nitrogen and oxygen atoms in total. The van der Waals surface area contributed by atoms with E-state index in [1.54, 1.807) is 12.1 Å². The second-order valence-electron chi connectivity index (χ2n) is 9.67. The van der Waals surface area contributed by atoms with Crippen molar-refractivity contribution in [1.29, 1.82) is 0 Å². The minimum absolute atomic E-state index is 0.212. The van der Waals surface area contributed by atoms with Gasteiger partial charge in [-0.3, -0.25) is 4.79 Å². The highest BCUT2D eigenvalue weighted by molar-refractivity contribution is 6.10. The largest absolute Gasteiger partial charge is 0.480 e. The lowest BCUT2D eigenvalue weighted by atomic mass is 9.81. The van der Waals surface area contributed by atoms with Gasteiger partial charge in [-0.25, -0.2) is 9.59 Å². The first-order chi connectivity index (χ1) is 18.4. The number of aliphatic carboxylic acids is 1. The number of fused-ring (bicyclic) bond motifs is 1. The molecule has 0 unspecified atom stereocenters. The number of hydrogen-bond acceptors (Lipinski definition) is 3. The van der Waals surface area contributed by atoms with Crippen LogP contribution in [0, 0.1) is 0 Å². The molecule has 7 heteroatoms. The third-order valence-electron chi connectivity index (χ3n) is 7.10. The van der Waals surface area contributed by atoms with Crippen molar-refractivity contribution in [3.05, 3.63) is 96.6 Å². The average molecular weight is 508 g/mol. The van der Waals surface area contributed by atoms with Crippen LogP contribution in [0.15, 0.2) is 91.0 Å². The van der Waals surface area contributed by atoms with E-state index in [1.165, 1.54) is 0 Å². The predicted molar refractivity (Wildman–Crippen MR) is 149 cm³/mol. The van der Waals surface area contributed by atoms with E-state index in [0.29, 0.717) is 24.2 Å². The molecular weight excluding hydrogens is 478 g/mol. The maximum atomic E-state index is 13.5. The van der Waals surface area contributed by atoms with E-state index in [1.807, 2.05) is 78.9 Å². The molecule has 0 bridgehead atoms. The first-order valence-corrected chi connectivity index (χ1v) is 12.8. The minimum atomic E-state index is -1.30. The molecule has 1 aliphatic carbocycles. The molecule has 4 aromatic rings. The number of hydrogen-bond donors (Lipinski definition) is 4. The van der Waals surface area contributed by atoms with Crippen molar-refractivity contribution in [3.8, 4) is 11.1 Å². The van der Waals surface area contributed by atoms with Crippen LogP contribution in [0.4, 0.5) is 16.2 Å². The van der Waals surface area contributed by atoms with Crippen molar-refractivity contribution in [2.24, 2.45) is 0 Å². The predicted octanol–water partition coefficient (Wildman–Crippen LogP) is 6.67. The molecule has 0 atom stereocenters. The summed E-state index contributed by atoms with van der Waals surface area (Å²) in [6, 6.07) is 27.8. The number of benzene rings is 4. The Morgan fingerprint density at radius 3 is 1.95 bits per heavy atom. The third-order valence-corrected chi connectivity index (χ3v) is 7.10. The van der Waals surface area contributed by atoms with E-state index in [0.717, 1.165) is 41.2 Å². The van der Waals surface area contributed by atoms with Crippen LogP contribution in [0.3, 0.4) is 0 Å². The molecular formula is C31H29N3O4. The van der Waals surface area contributed by atoms with Crippen molar-refractivity contribution in [2.45, 2.75) is 37.6 Å². The molecule has 0 heterocycles. The zero-order valence-electron chi connectivity index (χ0n) is 20.9. The van der Waals surface area contributed by atoms with Crippen molar-refractivity contribution in [2.75, 3.05) is 10.6 Å². The van der Waals surface area contributed by atoms with Gasteiger partial charge in [0.05, 0.1) is 11.3 Å². The van der Waals surface area contributed by atoms with Crippen LogP contribution in [0.2, 0.25) is 0 Å². The van der Waals surface area contributed by atoms with Gasteiger partial charge < -0.3 is 21.1 Å². The first-order valence-electron chi connectivity index (χ1n) is 12.8. The van der Waals surface area contributed by atoms with Crippen molar-refractivity contribution >= 4 is 40.1 Å².